The van der Waals surface area contributed by atoms with Crippen LogP contribution in [0.3, 0.4) is 0 Å². The van der Waals surface area contributed by atoms with E-state index in [9.17, 15) is 13.2 Å². The Labute approximate surface area is 151 Å². The van der Waals surface area contributed by atoms with E-state index in [-0.39, 0.29) is 5.95 Å². The Morgan fingerprint density at radius 2 is 2.15 bits per heavy atom. The van der Waals surface area contributed by atoms with Gasteiger partial charge in [-0.15, -0.1) is 0 Å². The van der Waals surface area contributed by atoms with E-state index >= 15 is 0 Å². The van der Waals surface area contributed by atoms with E-state index in [1.165, 1.54) is 6.20 Å². The maximum absolute atomic E-state index is 12.7. The first-order chi connectivity index (χ1) is 12.9. The van der Waals surface area contributed by atoms with E-state index in [0.29, 0.717) is 11.0 Å². The Balaban J connectivity index is 1.72. The molecule has 0 bridgehead atoms. The highest BCUT2D eigenvalue weighted by Gasteiger charge is 2.36. The fourth-order valence-electron chi connectivity index (χ4n) is 2.82. The number of aromatic nitrogens is 5. The van der Waals surface area contributed by atoms with Gasteiger partial charge in [-0.3, -0.25) is 0 Å². The monoisotopic (exact) mass is 372 g/mol. The van der Waals surface area contributed by atoms with Crippen LogP contribution in [-0.4, -0.2) is 36.8 Å². The number of hydrogen-bond acceptors (Lipinski definition) is 4. The highest BCUT2D eigenvalue weighted by molar-refractivity contribution is 5.94. The third-order valence-electron chi connectivity index (χ3n) is 4.35. The van der Waals surface area contributed by atoms with Crippen molar-refractivity contribution in [3.8, 4) is 11.1 Å². The van der Waals surface area contributed by atoms with Gasteiger partial charge in [-0.2, -0.15) is 23.3 Å². The Bertz CT molecular complexity index is 1140. The van der Waals surface area contributed by atoms with Gasteiger partial charge in [-0.05, 0) is 24.6 Å². The average molecular weight is 372 g/mol. The summed E-state index contributed by atoms with van der Waals surface area (Å²) >= 11 is 0. The van der Waals surface area contributed by atoms with E-state index < -0.39 is 12.2 Å². The summed E-state index contributed by atoms with van der Waals surface area (Å²) < 4.78 is 39.8. The van der Waals surface area contributed by atoms with Gasteiger partial charge in [-0.1, -0.05) is 12.7 Å². The van der Waals surface area contributed by atoms with Gasteiger partial charge in [0.15, 0.2) is 0 Å². The molecule has 1 atom stereocenters. The van der Waals surface area contributed by atoms with Crippen molar-refractivity contribution in [3.63, 3.8) is 0 Å². The molecule has 4 rings (SSSR count). The molecule has 27 heavy (non-hydrogen) atoms. The zero-order chi connectivity index (χ0) is 19.2. The first-order valence-corrected chi connectivity index (χ1v) is 8.14. The second kappa shape index (κ2) is 6.11. The molecule has 0 spiro atoms. The third kappa shape index (κ3) is 3.01. The first kappa shape index (κ1) is 17.1. The van der Waals surface area contributed by atoms with Crippen molar-refractivity contribution in [2.75, 3.05) is 5.32 Å². The normalized spacial score (nSPS) is 13.2. The van der Waals surface area contributed by atoms with Crippen molar-refractivity contribution >= 4 is 28.6 Å². The van der Waals surface area contributed by atoms with Crippen LogP contribution < -0.4 is 5.32 Å². The largest absolute Gasteiger partial charge is 0.408 e. The lowest BCUT2D eigenvalue weighted by atomic mass is 10.1. The number of aromatic amines is 1. The van der Waals surface area contributed by atoms with E-state index in [2.05, 4.69) is 31.9 Å². The zero-order valence-electron chi connectivity index (χ0n) is 14.2. The summed E-state index contributed by atoms with van der Waals surface area (Å²) in [5.74, 6) is -0.0825. The Morgan fingerprint density at radius 1 is 1.33 bits per heavy atom. The number of alkyl halides is 3. The molecule has 4 aromatic rings. The molecular weight excluding hydrogens is 357 g/mol. The number of anilines is 1. The first-order valence-electron chi connectivity index (χ1n) is 8.14. The summed E-state index contributed by atoms with van der Waals surface area (Å²) in [6.45, 7) is 4.80. The number of rotatable bonds is 4. The van der Waals surface area contributed by atoms with Gasteiger partial charge in [0.1, 0.15) is 11.7 Å². The van der Waals surface area contributed by atoms with E-state index in [4.69, 9.17) is 0 Å². The molecule has 0 saturated heterocycles. The zero-order valence-corrected chi connectivity index (χ0v) is 14.2. The number of hydrogen-bond donors (Lipinski definition) is 2. The van der Waals surface area contributed by atoms with Gasteiger partial charge in [-0.25, -0.2) is 9.50 Å². The molecule has 0 aromatic carbocycles. The molecule has 0 saturated carbocycles. The quantitative estimate of drug-likeness (QED) is 0.561. The summed E-state index contributed by atoms with van der Waals surface area (Å²) in [6, 6.07) is 2.11. The van der Waals surface area contributed by atoms with Crippen molar-refractivity contribution in [1.29, 1.82) is 0 Å². The van der Waals surface area contributed by atoms with Crippen molar-refractivity contribution in [2.45, 2.75) is 19.1 Å². The molecule has 0 unspecified atom stereocenters. The molecule has 4 aromatic heterocycles. The minimum Gasteiger partial charge on any atom is -0.345 e. The molecule has 9 heteroatoms. The minimum absolute atomic E-state index is 0.0825. The average Bonchev–Trinajstić information content (AvgIpc) is 3.23. The van der Waals surface area contributed by atoms with E-state index in [0.717, 1.165) is 29.1 Å². The number of fused-ring (bicyclic) bond motifs is 2. The highest BCUT2D eigenvalue weighted by Crippen LogP contribution is 2.30. The van der Waals surface area contributed by atoms with Gasteiger partial charge in [0.25, 0.3) is 0 Å². The summed E-state index contributed by atoms with van der Waals surface area (Å²) in [6.07, 6.45) is 4.18. The van der Waals surface area contributed by atoms with Crippen LogP contribution in [0.4, 0.5) is 19.1 Å². The van der Waals surface area contributed by atoms with Crippen LogP contribution in [0.15, 0.2) is 43.5 Å². The summed E-state index contributed by atoms with van der Waals surface area (Å²) in [5, 5.41) is 7.23. The van der Waals surface area contributed by atoms with Gasteiger partial charge < -0.3 is 10.3 Å². The fourth-order valence-corrected chi connectivity index (χ4v) is 2.82. The van der Waals surface area contributed by atoms with Crippen LogP contribution >= 0.6 is 0 Å². The van der Waals surface area contributed by atoms with Gasteiger partial charge in [0.2, 0.25) is 5.95 Å². The number of pyridine rings is 1. The van der Waals surface area contributed by atoms with E-state index in [1.807, 2.05) is 18.3 Å². The highest BCUT2D eigenvalue weighted by atomic mass is 19.4. The predicted octanol–water partition coefficient (Wildman–Crippen LogP) is 4.28. The summed E-state index contributed by atoms with van der Waals surface area (Å²) in [7, 11) is 0. The number of halogens is 3. The van der Waals surface area contributed by atoms with Crippen molar-refractivity contribution in [1.82, 2.24) is 24.6 Å². The van der Waals surface area contributed by atoms with Crippen molar-refractivity contribution in [2.24, 2.45) is 0 Å². The molecule has 0 radical (unpaired) electrons. The molecule has 2 N–H and O–H groups in total. The maximum atomic E-state index is 12.7. The summed E-state index contributed by atoms with van der Waals surface area (Å²) in [4.78, 5) is 11.2. The van der Waals surface area contributed by atoms with Crippen molar-refractivity contribution < 1.29 is 13.2 Å². The molecule has 138 valence electrons. The Hall–Kier alpha value is -3.36. The molecule has 0 aliphatic rings. The van der Waals surface area contributed by atoms with Crippen LogP contribution in [0.25, 0.3) is 33.8 Å². The third-order valence-corrected chi connectivity index (χ3v) is 4.35. The molecule has 0 amide bonds. The van der Waals surface area contributed by atoms with Gasteiger partial charge >= 0.3 is 6.18 Å². The second-order valence-electron chi connectivity index (χ2n) is 6.12. The topological polar surface area (TPSA) is 70.9 Å². The maximum Gasteiger partial charge on any atom is 0.408 e. The lowest BCUT2D eigenvalue weighted by molar-refractivity contribution is -0.138. The SMILES string of the molecule is C=Cc1cnn2ccc(-c3c[nH]c4nc(N[C@H](C)C(F)(F)F)ncc34)cc12. The smallest absolute Gasteiger partial charge is 0.345 e. The van der Waals surface area contributed by atoms with Gasteiger partial charge in [0.05, 0.1) is 11.7 Å². The van der Waals surface area contributed by atoms with Crippen molar-refractivity contribution in [3.05, 3.63) is 49.1 Å². The van der Waals surface area contributed by atoms with Gasteiger partial charge in [0, 0.05) is 35.1 Å². The number of nitrogens with zero attached hydrogens (tertiary/aromatic N) is 4. The molecule has 0 fully saturated rings. The minimum atomic E-state index is -4.37. The van der Waals surface area contributed by atoms with Crippen LogP contribution in [-0.2, 0) is 0 Å². The lowest BCUT2D eigenvalue weighted by Crippen LogP contribution is -2.33. The lowest BCUT2D eigenvalue weighted by Gasteiger charge is -2.16. The molecule has 4 heterocycles. The number of nitrogens with one attached hydrogen (secondary N) is 2. The Morgan fingerprint density at radius 3 is 2.89 bits per heavy atom. The van der Waals surface area contributed by atoms with Crippen LogP contribution in [0.1, 0.15) is 12.5 Å². The van der Waals surface area contributed by atoms with Crippen LogP contribution in [0.5, 0.6) is 0 Å². The predicted molar refractivity (Wildman–Crippen MR) is 97.3 cm³/mol. The van der Waals surface area contributed by atoms with Crippen LogP contribution in [0.2, 0.25) is 0 Å². The molecular formula is C18H15F3N6. The standard InChI is InChI=1S/C18H15F3N6/c1-3-11-7-24-27-5-4-12(6-15(11)27)13-8-22-16-14(13)9-23-17(26-16)25-10(2)18(19,20)21/h3-10H,1H2,2H3,(H2,22,23,25,26)/t10-/m1/s1. The Kier molecular flexibility index (Phi) is 3.87. The summed E-state index contributed by atoms with van der Waals surface area (Å²) in [5.41, 5.74) is 4.01. The molecule has 0 aliphatic heterocycles. The van der Waals surface area contributed by atoms with E-state index in [1.54, 1.807) is 23.0 Å². The molecule has 0 aliphatic carbocycles. The van der Waals surface area contributed by atoms with Crippen LogP contribution in [0, 0.1) is 0 Å². The number of H-pyrrole nitrogens is 1. The fraction of sp³-hybridized carbons (Fsp3) is 0.167. The second-order valence-corrected chi connectivity index (χ2v) is 6.12. The molecule has 6 nitrogen and oxygen atoms in total.